The zero-order chi connectivity index (χ0) is 28.4. The molecule has 4 aromatic rings. The highest BCUT2D eigenvalue weighted by Crippen LogP contribution is 2.33. The van der Waals surface area contributed by atoms with Crippen molar-refractivity contribution in [3.63, 3.8) is 0 Å². The van der Waals surface area contributed by atoms with E-state index in [9.17, 15) is 14.7 Å². The van der Waals surface area contributed by atoms with Gasteiger partial charge in [0.2, 0.25) is 0 Å². The van der Waals surface area contributed by atoms with Gasteiger partial charge in [0.05, 0.1) is 31.5 Å². The van der Waals surface area contributed by atoms with Crippen molar-refractivity contribution < 1.29 is 28.9 Å². The fourth-order valence-corrected chi connectivity index (χ4v) is 5.22. The third-order valence-corrected chi connectivity index (χ3v) is 7.43. The van der Waals surface area contributed by atoms with E-state index in [4.69, 9.17) is 14.2 Å². The number of likely N-dealkylation sites (tertiary alicyclic amines) is 1. The number of ether oxygens (including phenoxy) is 3. The Hall–Kier alpha value is -4.36. The molecule has 2 atom stereocenters. The van der Waals surface area contributed by atoms with Gasteiger partial charge < -0.3 is 29.0 Å². The first kappa shape index (κ1) is 28.2. The molecule has 0 spiro atoms. The number of carboxylic acid groups (broad SMARTS) is 1. The number of benzene rings is 4. The van der Waals surface area contributed by atoms with Gasteiger partial charge >= 0.3 is 5.97 Å². The third kappa shape index (κ3) is 7.64. The lowest BCUT2D eigenvalue weighted by atomic mass is 9.87. The molecule has 212 valence electrons. The molecule has 1 amide bonds. The largest absolute Gasteiger partial charge is 0.530 e. The second-order valence-electron chi connectivity index (χ2n) is 10.3. The molecule has 7 heteroatoms. The molecule has 4 aromatic carbocycles. The first-order valence-electron chi connectivity index (χ1n) is 14.1. The lowest BCUT2D eigenvalue weighted by Crippen LogP contribution is -2.51. The Morgan fingerprint density at radius 3 is 2.44 bits per heavy atom. The number of nitrogens with zero attached hydrogens (tertiary/aromatic N) is 1. The number of esters is 1. The predicted octanol–water partition coefficient (Wildman–Crippen LogP) is 5.57. The van der Waals surface area contributed by atoms with Crippen molar-refractivity contribution in [1.29, 1.82) is 0 Å². The molecule has 1 fully saturated rings. The summed E-state index contributed by atoms with van der Waals surface area (Å²) in [4.78, 5) is 25.0. The summed E-state index contributed by atoms with van der Waals surface area (Å²) in [6, 6.07) is 31.3. The van der Waals surface area contributed by atoms with Crippen LogP contribution < -0.4 is 9.84 Å². The smallest absolute Gasteiger partial charge is 0.338 e. The van der Waals surface area contributed by atoms with Gasteiger partial charge in [-0.15, -0.1) is 0 Å². The minimum Gasteiger partial charge on any atom is -0.530 e. The molecule has 0 bridgehead atoms. The van der Waals surface area contributed by atoms with Gasteiger partial charge in [-0.05, 0) is 71.5 Å². The van der Waals surface area contributed by atoms with Crippen LogP contribution in [0.25, 0.3) is 10.8 Å². The van der Waals surface area contributed by atoms with Crippen LogP contribution in [0.5, 0.6) is 5.75 Å². The second-order valence-corrected chi connectivity index (χ2v) is 10.3. The maximum Gasteiger partial charge on any atom is 0.338 e. The fraction of sp³-hybridized carbons (Fsp3) is 0.294. The Labute approximate surface area is 240 Å². The van der Waals surface area contributed by atoms with E-state index >= 15 is 0 Å². The summed E-state index contributed by atoms with van der Waals surface area (Å²) in [5.74, 6) is 0.452. The normalized spacial score (nSPS) is 16.8. The average molecular weight is 553 g/mol. The lowest BCUT2D eigenvalue weighted by molar-refractivity contribution is -0.268. The predicted molar refractivity (Wildman–Crippen MR) is 155 cm³/mol. The third-order valence-electron chi connectivity index (χ3n) is 7.43. The van der Waals surface area contributed by atoms with Crippen LogP contribution in [0.3, 0.4) is 0 Å². The van der Waals surface area contributed by atoms with Gasteiger partial charge in [0.15, 0.2) is 0 Å². The standard InChI is InChI=1S/C34H35NO6/c36-33(27-10-2-1-3-11-27)40-20-7-6-19-39-30-14-8-13-29(22-30)31-17-18-35(34(37)38)23-32(31)41-24-25-15-16-26-9-4-5-12-28(26)21-25/h1-5,8-16,21-22,31-32H,6-7,17-20,23-24H2,(H,37,38)/p-1. The van der Waals surface area contributed by atoms with Crippen molar-refractivity contribution in [3.05, 3.63) is 114 Å². The van der Waals surface area contributed by atoms with Gasteiger partial charge in [-0.3, -0.25) is 0 Å². The van der Waals surface area contributed by atoms with Gasteiger partial charge in [0, 0.05) is 19.0 Å². The highest BCUT2D eigenvalue weighted by Gasteiger charge is 2.31. The Bertz CT molecular complexity index is 1460. The quantitative estimate of drug-likeness (QED) is 0.179. The molecule has 2 unspecified atom stereocenters. The molecule has 7 nitrogen and oxygen atoms in total. The number of carbonyl (C=O) groups is 2. The van der Waals surface area contributed by atoms with E-state index < -0.39 is 6.09 Å². The van der Waals surface area contributed by atoms with Crippen molar-refractivity contribution in [2.75, 3.05) is 26.3 Å². The Morgan fingerprint density at radius 1 is 0.829 bits per heavy atom. The number of rotatable bonds is 11. The summed E-state index contributed by atoms with van der Waals surface area (Å²) in [5, 5.41) is 13.9. The molecule has 1 aliphatic rings. The summed E-state index contributed by atoms with van der Waals surface area (Å²) >= 11 is 0. The fourth-order valence-electron chi connectivity index (χ4n) is 5.22. The number of hydrogen-bond acceptors (Lipinski definition) is 6. The van der Waals surface area contributed by atoms with Crippen LogP contribution in [-0.2, 0) is 16.1 Å². The minimum atomic E-state index is -1.17. The van der Waals surface area contributed by atoms with E-state index in [1.807, 2.05) is 60.7 Å². The molecular formula is C34H34NO6-. The van der Waals surface area contributed by atoms with E-state index in [-0.39, 0.29) is 24.5 Å². The highest BCUT2D eigenvalue weighted by molar-refractivity contribution is 5.89. The SMILES string of the molecule is O=C(OCCCCOc1cccc(C2CCN(C(=O)[O-])CC2OCc2ccc3ccccc3c2)c1)c1ccccc1. The number of amides is 1. The number of unbranched alkanes of at least 4 members (excludes halogenated alkanes) is 1. The van der Waals surface area contributed by atoms with Gasteiger partial charge in [0.25, 0.3) is 0 Å². The molecule has 0 aliphatic carbocycles. The Kier molecular flexibility index (Phi) is 9.49. The maximum absolute atomic E-state index is 12.0. The van der Waals surface area contributed by atoms with Crippen LogP contribution >= 0.6 is 0 Å². The van der Waals surface area contributed by atoms with Crippen LogP contribution in [-0.4, -0.2) is 49.4 Å². The Balaban J connectivity index is 1.15. The van der Waals surface area contributed by atoms with Crippen molar-refractivity contribution in [2.24, 2.45) is 0 Å². The molecule has 1 aliphatic heterocycles. The van der Waals surface area contributed by atoms with Gasteiger partial charge in [-0.25, -0.2) is 4.79 Å². The van der Waals surface area contributed by atoms with E-state index in [1.165, 1.54) is 10.3 Å². The first-order valence-corrected chi connectivity index (χ1v) is 14.1. The van der Waals surface area contributed by atoms with Crippen LogP contribution in [0.2, 0.25) is 0 Å². The zero-order valence-electron chi connectivity index (χ0n) is 22.9. The number of piperidine rings is 1. The van der Waals surface area contributed by atoms with Crippen molar-refractivity contribution >= 4 is 22.8 Å². The molecule has 0 saturated carbocycles. The summed E-state index contributed by atoms with van der Waals surface area (Å²) in [6.07, 6.45) is 0.586. The van der Waals surface area contributed by atoms with Crippen LogP contribution in [0.4, 0.5) is 4.79 Å². The average Bonchev–Trinajstić information content (AvgIpc) is 3.02. The molecular weight excluding hydrogens is 518 g/mol. The molecule has 1 saturated heterocycles. The zero-order valence-corrected chi connectivity index (χ0v) is 22.9. The monoisotopic (exact) mass is 552 g/mol. The lowest BCUT2D eigenvalue weighted by Gasteiger charge is -2.40. The summed E-state index contributed by atoms with van der Waals surface area (Å²) in [5.41, 5.74) is 2.64. The Morgan fingerprint density at radius 2 is 1.61 bits per heavy atom. The first-order chi connectivity index (χ1) is 20.1. The van der Waals surface area contributed by atoms with Gasteiger partial charge in [-0.2, -0.15) is 0 Å². The van der Waals surface area contributed by atoms with E-state index in [0.717, 1.165) is 28.7 Å². The van der Waals surface area contributed by atoms with Crippen molar-refractivity contribution in [1.82, 2.24) is 4.90 Å². The minimum absolute atomic E-state index is 0.0204. The summed E-state index contributed by atoms with van der Waals surface area (Å²) in [6.45, 7) is 1.88. The number of hydrogen-bond donors (Lipinski definition) is 0. The van der Waals surface area contributed by atoms with E-state index in [2.05, 4.69) is 24.3 Å². The van der Waals surface area contributed by atoms with E-state index in [0.29, 0.717) is 44.8 Å². The molecule has 0 N–H and O–H groups in total. The molecule has 1 heterocycles. The van der Waals surface area contributed by atoms with Gasteiger partial charge in [0.1, 0.15) is 11.8 Å². The topological polar surface area (TPSA) is 88.1 Å². The molecule has 41 heavy (non-hydrogen) atoms. The number of fused-ring (bicyclic) bond motifs is 1. The van der Waals surface area contributed by atoms with Crippen LogP contribution in [0.1, 0.15) is 46.7 Å². The molecule has 0 radical (unpaired) electrons. The molecule has 5 rings (SSSR count). The molecule has 0 aromatic heterocycles. The summed E-state index contributed by atoms with van der Waals surface area (Å²) < 4.78 is 17.7. The van der Waals surface area contributed by atoms with Gasteiger partial charge in [-0.1, -0.05) is 66.7 Å². The highest BCUT2D eigenvalue weighted by atomic mass is 16.5. The maximum atomic E-state index is 12.0. The van der Waals surface area contributed by atoms with E-state index in [1.54, 1.807) is 12.1 Å². The number of carbonyl (C=O) groups excluding carboxylic acids is 2. The van der Waals surface area contributed by atoms with Crippen LogP contribution in [0.15, 0.2) is 97.1 Å². The second kappa shape index (κ2) is 13.8. The van der Waals surface area contributed by atoms with Crippen molar-refractivity contribution in [3.8, 4) is 5.75 Å². The summed E-state index contributed by atoms with van der Waals surface area (Å²) in [7, 11) is 0. The van der Waals surface area contributed by atoms with Crippen LogP contribution in [0, 0.1) is 0 Å². The van der Waals surface area contributed by atoms with Crippen molar-refractivity contribution in [2.45, 2.75) is 37.9 Å².